The topological polar surface area (TPSA) is 93.9 Å². The van der Waals surface area contributed by atoms with Crippen LogP contribution in [0, 0.1) is 16.0 Å². The van der Waals surface area contributed by atoms with Crippen molar-refractivity contribution >= 4 is 17.3 Å². The highest BCUT2D eigenvalue weighted by Gasteiger charge is 2.33. The Kier molecular flexibility index (Phi) is 6.58. The van der Waals surface area contributed by atoms with E-state index < -0.39 is 22.4 Å². The number of amides is 1. The maximum atomic E-state index is 12.7. The summed E-state index contributed by atoms with van der Waals surface area (Å²) in [4.78, 5) is 24.3. The number of hydrogen-bond donors (Lipinski definition) is 1. The largest absolute Gasteiger partial charge is 0.416 e. The minimum atomic E-state index is -4.67. The molecule has 1 aromatic rings. The molecule has 160 valence electrons. The minimum Gasteiger partial charge on any atom is -0.379 e. The molecular weight excluding hydrogens is 395 g/mol. The second kappa shape index (κ2) is 8.95. The van der Waals surface area contributed by atoms with Crippen LogP contribution in [0.4, 0.5) is 24.5 Å². The maximum absolute atomic E-state index is 12.7. The van der Waals surface area contributed by atoms with Crippen molar-refractivity contribution in [3.63, 3.8) is 0 Å². The van der Waals surface area contributed by atoms with Crippen LogP contribution in [0.5, 0.6) is 0 Å². The van der Waals surface area contributed by atoms with Crippen molar-refractivity contribution in [3.05, 3.63) is 33.9 Å². The molecule has 2 heterocycles. The van der Waals surface area contributed by atoms with Crippen LogP contribution in [0.1, 0.15) is 24.8 Å². The molecule has 3 rings (SSSR count). The highest BCUT2D eigenvalue weighted by molar-refractivity contribution is 5.77. The summed E-state index contributed by atoms with van der Waals surface area (Å²) in [6, 6.07) is 2.27. The molecule has 2 saturated heterocycles. The zero-order valence-corrected chi connectivity index (χ0v) is 15.6. The van der Waals surface area contributed by atoms with Gasteiger partial charge in [0.15, 0.2) is 6.29 Å². The molecule has 0 radical (unpaired) electrons. The van der Waals surface area contributed by atoms with Gasteiger partial charge in [0.1, 0.15) is 5.69 Å². The fourth-order valence-electron chi connectivity index (χ4n) is 3.54. The van der Waals surface area contributed by atoms with E-state index in [1.54, 1.807) is 4.90 Å². The number of halogens is 3. The molecule has 2 aliphatic heterocycles. The lowest BCUT2D eigenvalue weighted by Crippen LogP contribution is -2.41. The molecule has 0 bridgehead atoms. The number of ether oxygens (including phenoxy) is 2. The maximum Gasteiger partial charge on any atom is 0.416 e. The van der Waals surface area contributed by atoms with Crippen LogP contribution in [0.15, 0.2) is 18.2 Å². The van der Waals surface area contributed by atoms with Gasteiger partial charge in [0.05, 0.1) is 23.7 Å². The molecule has 0 atom stereocenters. The number of likely N-dealkylation sites (tertiary alicyclic amines) is 1. The van der Waals surface area contributed by atoms with Crippen molar-refractivity contribution in [2.24, 2.45) is 5.92 Å². The zero-order valence-electron chi connectivity index (χ0n) is 15.6. The molecule has 0 unspecified atom stereocenters. The van der Waals surface area contributed by atoms with Crippen LogP contribution >= 0.6 is 0 Å². The molecule has 0 saturated carbocycles. The molecule has 1 amide bonds. The van der Waals surface area contributed by atoms with Gasteiger partial charge in [-0.15, -0.1) is 0 Å². The molecule has 1 N–H and O–H groups in total. The Hall–Kier alpha value is -2.40. The highest BCUT2D eigenvalue weighted by atomic mass is 19.4. The van der Waals surface area contributed by atoms with Crippen molar-refractivity contribution < 1.29 is 32.4 Å². The average molecular weight is 417 g/mol. The Bertz CT molecular complexity index is 745. The monoisotopic (exact) mass is 417 g/mol. The molecule has 0 aromatic heterocycles. The van der Waals surface area contributed by atoms with E-state index in [-0.39, 0.29) is 36.8 Å². The van der Waals surface area contributed by atoms with Gasteiger partial charge in [0.2, 0.25) is 5.91 Å². The lowest BCUT2D eigenvalue weighted by Gasteiger charge is -2.34. The van der Waals surface area contributed by atoms with E-state index in [4.69, 9.17) is 9.47 Å². The summed E-state index contributed by atoms with van der Waals surface area (Å²) in [6.07, 6.45) is -3.24. The fourth-order valence-corrected chi connectivity index (χ4v) is 3.54. The van der Waals surface area contributed by atoms with Crippen LogP contribution in [-0.2, 0) is 20.4 Å². The van der Waals surface area contributed by atoms with E-state index >= 15 is 0 Å². The number of hydrogen-bond acceptors (Lipinski definition) is 6. The van der Waals surface area contributed by atoms with E-state index in [0.717, 1.165) is 25.0 Å². The van der Waals surface area contributed by atoms with Gasteiger partial charge in [-0.1, -0.05) is 0 Å². The van der Waals surface area contributed by atoms with Crippen molar-refractivity contribution in [2.45, 2.75) is 31.7 Å². The summed E-state index contributed by atoms with van der Waals surface area (Å²) in [5, 5.41) is 13.8. The van der Waals surface area contributed by atoms with Crippen molar-refractivity contribution in [3.8, 4) is 0 Å². The van der Waals surface area contributed by atoms with Crippen LogP contribution in [-0.4, -0.2) is 54.9 Å². The van der Waals surface area contributed by atoms with Gasteiger partial charge in [-0.3, -0.25) is 14.9 Å². The lowest BCUT2D eigenvalue weighted by molar-refractivity contribution is -0.384. The van der Waals surface area contributed by atoms with Crippen LogP contribution < -0.4 is 5.32 Å². The fraction of sp³-hybridized carbons (Fsp3) is 0.611. The third kappa shape index (κ3) is 5.36. The van der Waals surface area contributed by atoms with Gasteiger partial charge in [-0.2, -0.15) is 13.2 Å². The number of benzene rings is 1. The normalized spacial score (nSPS) is 18.8. The predicted octanol–water partition coefficient (Wildman–Crippen LogP) is 3.03. The highest BCUT2D eigenvalue weighted by Crippen LogP contribution is 2.35. The summed E-state index contributed by atoms with van der Waals surface area (Å²) in [5.74, 6) is 0.147. The van der Waals surface area contributed by atoms with Gasteiger partial charge in [0, 0.05) is 38.0 Å². The smallest absolute Gasteiger partial charge is 0.379 e. The first-order valence-electron chi connectivity index (χ1n) is 9.36. The first-order chi connectivity index (χ1) is 13.8. The van der Waals surface area contributed by atoms with Crippen LogP contribution in [0.25, 0.3) is 0 Å². The number of nitrogens with zero attached hydrogens (tertiary/aromatic N) is 2. The summed E-state index contributed by atoms with van der Waals surface area (Å²) in [5.41, 5.74) is -1.82. The zero-order chi connectivity index (χ0) is 21.0. The SMILES string of the molecule is O=C(CCNc1ccc(C(F)(F)F)cc1[N+](=O)[O-])N1CCC(C2OCCO2)CC1. The van der Waals surface area contributed by atoms with Crippen LogP contribution in [0.2, 0.25) is 0 Å². The van der Waals surface area contributed by atoms with Gasteiger partial charge in [-0.25, -0.2) is 0 Å². The predicted molar refractivity (Wildman–Crippen MR) is 96.2 cm³/mol. The minimum absolute atomic E-state index is 0.0509. The third-order valence-electron chi connectivity index (χ3n) is 5.10. The molecule has 11 heteroatoms. The second-order valence-electron chi connectivity index (χ2n) is 6.99. The summed E-state index contributed by atoms with van der Waals surface area (Å²) < 4.78 is 49.2. The first-order valence-corrected chi connectivity index (χ1v) is 9.36. The van der Waals surface area contributed by atoms with Gasteiger partial charge in [-0.05, 0) is 25.0 Å². The quantitative estimate of drug-likeness (QED) is 0.565. The molecule has 29 heavy (non-hydrogen) atoms. The van der Waals surface area contributed by atoms with Crippen molar-refractivity contribution in [1.82, 2.24) is 4.90 Å². The van der Waals surface area contributed by atoms with Gasteiger partial charge < -0.3 is 19.7 Å². The summed E-state index contributed by atoms with van der Waals surface area (Å²) in [7, 11) is 0. The van der Waals surface area contributed by atoms with E-state index in [2.05, 4.69) is 5.32 Å². The number of alkyl halides is 3. The Morgan fingerprint density at radius 3 is 2.48 bits per heavy atom. The van der Waals surface area contributed by atoms with E-state index in [9.17, 15) is 28.1 Å². The Morgan fingerprint density at radius 1 is 1.24 bits per heavy atom. The number of nitro groups is 1. The van der Waals surface area contributed by atoms with Gasteiger partial charge in [0.25, 0.3) is 5.69 Å². The number of piperidine rings is 1. The summed E-state index contributed by atoms with van der Waals surface area (Å²) in [6.45, 7) is 2.41. The van der Waals surface area contributed by atoms with Crippen molar-refractivity contribution in [1.29, 1.82) is 0 Å². The molecule has 1 aromatic carbocycles. The lowest BCUT2D eigenvalue weighted by atomic mass is 9.96. The molecule has 8 nitrogen and oxygen atoms in total. The Morgan fingerprint density at radius 2 is 1.90 bits per heavy atom. The number of anilines is 1. The van der Waals surface area contributed by atoms with Gasteiger partial charge >= 0.3 is 6.18 Å². The summed E-state index contributed by atoms with van der Waals surface area (Å²) >= 11 is 0. The first kappa shape index (κ1) is 21.3. The number of nitrogens with one attached hydrogen (secondary N) is 1. The Balaban J connectivity index is 1.49. The average Bonchev–Trinajstić information content (AvgIpc) is 3.22. The molecule has 0 aliphatic carbocycles. The van der Waals surface area contributed by atoms with E-state index in [1.165, 1.54) is 0 Å². The van der Waals surface area contributed by atoms with Crippen LogP contribution in [0.3, 0.4) is 0 Å². The number of carbonyl (C=O) groups excluding carboxylic acids is 1. The number of carbonyl (C=O) groups is 1. The van der Waals surface area contributed by atoms with E-state index in [0.29, 0.717) is 32.4 Å². The van der Waals surface area contributed by atoms with Crippen molar-refractivity contribution in [2.75, 3.05) is 38.2 Å². The molecular formula is C18H22F3N3O5. The Labute approximate surface area is 165 Å². The standard InChI is InChI=1S/C18H22F3N3O5/c19-18(20,21)13-1-2-14(15(11-13)24(26)27)22-6-3-16(25)23-7-4-12(5-8-23)17-28-9-10-29-17/h1-2,11-12,17,22H,3-10H2. The number of rotatable bonds is 6. The third-order valence-corrected chi connectivity index (χ3v) is 5.10. The van der Waals surface area contributed by atoms with E-state index in [1.807, 2.05) is 0 Å². The second-order valence-corrected chi connectivity index (χ2v) is 6.99. The molecule has 2 aliphatic rings. The molecule has 2 fully saturated rings. The number of nitro benzene ring substituents is 1. The molecule has 0 spiro atoms.